The Morgan fingerprint density at radius 2 is 1.55 bits per heavy atom. The van der Waals surface area contributed by atoms with Crippen molar-refractivity contribution in [2.75, 3.05) is 6.61 Å². The van der Waals surface area contributed by atoms with E-state index < -0.39 is 13.6 Å². The normalized spacial score (nSPS) is 13.5. The molecule has 2 rings (SSSR count). The van der Waals surface area contributed by atoms with Crippen LogP contribution in [0.25, 0.3) is 11.1 Å². The van der Waals surface area contributed by atoms with Crippen molar-refractivity contribution in [1.29, 1.82) is 0 Å². The number of hydrogen-bond donors (Lipinski definition) is 2. The van der Waals surface area contributed by atoms with Crippen LogP contribution in [0.15, 0.2) is 48.5 Å². The highest BCUT2D eigenvalue weighted by atomic mass is 31.2. The van der Waals surface area contributed by atoms with Gasteiger partial charge in [-0.05, 0) is 35.7 Å². The second kappa shape index (κ2) is 6.88. The third-order valence-corrected chi connectivity index (χ3v) is 4.56. The highest BCUT2D eigenvalue weighted by Gasteiger charge is 2.18. The first-order valence-electron chi connectivity index (χ1n) is 6.80. The van der Waals surface area contributed by atoms with Crippen LogP contribution in [0.4, 0.5) is 0 Å². The molecule has 1 atom stereocenters. The van der Waals surface area contributed by atoms with E-state index >= 15 is 0 Å². The maximum absolute atomic E-state index is 11.7. The first-order valence-corrected chi connectivity index (χ1v) is 8.56. The molecule has 1 unspecified atom stereocenters. The summed E-state index contributed by atoms with van der Waals surface area (Å²) in [5, 5.41) is 8.87. The molecule has 0 amide bonds. The van der Waals surface area contributed by atoms with Crippen LogP contribution in [-0.2, 0) is 15.3 Å². The van der Waals surface area contributed by atoms with Gasteiger partial charge in [0.05, 0.1) is 18.3 Å². The quantitative estimate of drug-likeness (QED) is 0.791. The average Bonchev–Trinajstić information content (AvgIpc) is 2.47. The van der Waals surface area contributed by atoms with Crippen LogP contribution in [0.2, 0.25) is 0 Å². The predicted molar refractivity (Wildman–Crippen MR) is 84.0 cm³/mol. The first-order chi connectivity index (χ1) is 10.4. The van der Waals surface area contributed by atoms with Gasteiger partial charge in [-0.15, -0.1) is 0 Å². The molecule has 0 bridgehead atoms. The lowest BCUT2D eigenvalue weighted by atomic mass is 10.0. The molecule has 22 heavy (non-hydrogen) atoms. The van der Waals surface area contributed by atoms with Gasteiger partial charge in [0.1, 0.15) is 0 Å². The van der Waals surface area contributed by atoms with Gasteiger partial charge in [0, 0.05) is 0 Å². The van der Waals surface area contributed by atoms with Gasteiger partial charge >= 0.3 is 13.6 Å². The molecule has 2 aromatic rings. The lowest BCUT2D eigenvalue weighted by Gasteiger charge is -2.11. The van der Waals surface area contributed by atoms with Gasteiger partial charge < -0.3 is 14.5 Å². The summed E-state index contributed by atoms with van der Waals surface area (Å²) in [6.45, 7) is 1.87. The predicted octanol–water partition coefficient (Wildman–Crippen LogP) is 3.77. The van der Waals surface area contributed by atoms with Gasteiger partial charge in [-0.3, -0.25) is 4.57 Å². The third kappa shape index (κ3) is 4.28. The van der Waals surface area contributed by atoms with E-state index in [1.54, 1.807) is 43.3 Å². The summed E-state index contributed by atoms with van der Waals surface area (Å²) >= 11 is 0. The van der Waals surface area contributed by atoms with E-state index in [9.17, 15) is 14.3 Å². The van der Waals surface area contributed by atoms with E-state index in [0.717, 1.165) is 11.1 Å². The van der Waals surface area contributed by atoms with Gasteiger partial charge in [0.15, 0.2) is 0 Å². The molecule has 0 saturated carbocycles. The van der Waals surface area contributed by atoms with Crippen molar-refractivity contribution < 1.29 is 23.9 Å². The van der Waals surface area contributed by atoms with Gasteiger partial charge in [-0.2, -0.15) is 0 Å². The van der Waals surface area contributed by atoms with E-state index in [2.05, 4.69) is 0 Å². The van der Waals surface area contributed by atoms with Crippen LogP contribution in [0.5, 0.6) is 0 Å². The fourth-order valence-electron chi connectivity index (χ4n) is 2.09. The van der Waals surface area contributed by atoms with Gasteiger partial charge in [-0.25, -0.2) is 4.79 Å². The Balaban J connectivity index is 2.15. The summed E-state index contributed by atoms with van der Waals surface area (Å²) < 4.78 is 16.6. The van der Waals surface area contributed by atoms with Crippen LogP contribution in [0, 0.1) is 0 Å². The monoisotopic (exact) mass is 320 g/mol. The molecule has 0 aliphatic heterocycles. The maximum Gasteiger partial charge on any atom is 0.335 e. The number of carboxylic acids is 1. The average molecular weight is 320 g/mol. The zero-order valence-electron chi connectivity index (χ0n) is 12.1. The zero-order chi connectivity index (χ0) is 16.2. The molecule has 0 aliphatic carbocycles. The van der Waals surface area contributed by atoms with Crippen molar-refractivity contribution in [2.45, 2.75) is 13.1 Å². The molecule has 6 heteroatoms. The topological polar surface area (TPSA) is 83.8 Å². The molecule has 116 valence electrons. The highest BCUT2D eigenvalue weighted by Crippen LogP contribution is 2.45. The smallest absolute Gasteiger partial charge is 0.335 e. The summed E-state index contributed by atoms with van der Waals surface area (Å²) in [7, 11) is -3.58. The fraction of sp³-hybridized carbons (Fsp3) is 0.188. The second-order valence-corrected chi connectivity index (χ2v) is 6.64. The molecular weight excluding hydrogens is 303 g/mol. The number of carboxylic acid groups (broad SMARTS) is 1. The number of carbonyl (C=O) groups is 1. The van der Waals surface area contributed by atoms with E-state index in [1.807, 2.05) is 12.1 Å². The molecule has 0 aromatic heterocycles. The molecule has 2 N–H and O–H groups in total. The molecule has 0 radical (unpaired) electrons. The van der Waals surface area contributed by atoms with Crippen molar-refractivity contribution in [1.82, 2.24) is 0 Å². The molecular formula is C16H17O5P. The van der Waals surface area contributed by atoms with Crippen LogP contribution >= 0.6 is 7.60 Å². The molecule has 0 saturated heterocycles. The van der Waals surface area contributed by atoms with Gasteiger partial charge in [0.2, 0.25) is 0 Å². The summed E-state index contributed by atoms with van der Waals surface area (Å²) in [5.74, 6) is -0.962. The summed E-state index contributed by atoms with van der Waals surface area (Å²) in [6, 6.07) is 13.7. The Labute approximate surface area is 128 Å². The Bertz CT molecular complexity index is 691. The van der Waals surface area contributed by atoms with Crippen molar-refractivity contribution in [3.8, 4) is 11.1 Å². The van der Waals surface area contributed by atoms with Crippen molar-refractivity contribution in [3.63, 3.8) is 0 Å². The Kier molecular flexibility index (Phi) is 5.14. The highest BCUT2D eigenvalue weighted by molar-refractivity contribution is 7.51. The number of aromatic carboxylic acids is 1. The molecule has 0 heterocycles. The Hall–Kier alpha value is -1.94. The van der Waals surface area contributed by atoms with E-state index in [0.29, 0.717) is 5.56 Å². The number of rotatable bonds is 6. The van der Waals surface area contributed by atoms with Gasteiger partial charge in [0.25, 0.3) is 0 Å². The van der Waals surface area contributed by atoms with E-state index in [1.165, 1.54) is 0 Å². The van der Waals surface area contributed by atoms with Crippen LogP contribution in [0.1, 0.15) is 22.8 Å². The Morgan fingerprint density at radius 1 is 1.05 bits per heavy atom. The molecule has 0 spiro atoms. The minimum absolute atomic E-state index is 0.0287. The third-order valence-electron chi connectivity index (χ3n) is 3.13. The lowest BCUT2D eigenvalue weighted by molar-refractivity contribution is 0.0697. The number of hydrogen-bond acceptors (Lipinski definition) is 3. The summed E-state index contributed by atoms with van der Waals surface area (Å²) in [6.07, 6.45) is -0.0287. The molecule has 5 nitrogen and oxygen atoms in total. The van der Waals surface area contributed by atoms with E-state index in [4.69, 9.17) is 9.63 Å². The standard InChI is InChI=1S/C16H17O5P/c1-2-21-22(19,20)11-12-3-5-13(6-4-12)14-7-9-15(10-8-14)16(17)18/h3-10H,2,11H2,1H3,(H,17,18)(H,19,20). The largest absolute Gasteiger partial charge is 0.478 e. The number of benzene rings is 2. The summed E-state index contributed by atoms with van der Waals surface area (Å²) in [5.41, 5.74) is 2.74. The van der Waals surface area contributed by atoms with Crippen LogP contribution in [0.3, 0.4) is 0 Å². The van der Waals surface area contributed by atoms with Crippen LogP contribution < -0.4 is 0 Å². The van der Waals surface area contributed by atoms with Crippen molar-refractivity contribution in [2.24, 2.45) is 0 Å². The Morgan fingerprint density at radius 3 is 2.00 bits per heavy atom. The molecule has 2 aromatic carbocycles. The minimum atomic E-state index is -3.58. The SMILES string of the molecule is CCOP(=O)(O)Cc1ccc(-c2ccc(C(=O)O)cc2)cc1. The van der Waals surface area contributed by atoms with Crippen molar-refractivity contribution >= 4 is 13.6 Å². The molecule has 0 fully saturated rings. The lowest BCUT2D eigenvalue weighted by Crippen LogP contribution is -1.95. The maximum atomic E-state index is 11.7. The molecule has 0 aliphatic rings. The van der Waals surface area contributed by atoms with E-state index in [-0.39, 0.29) is 18.3 Å². The fourth-order valence-corrected chi connectivity index (χ4v) is 3.25. The second-order valence-electron chi connectivity index (χ2n) is 4.79. The van der Waals surface area contributed by atoms with Crippen LogP contribution in [-0.4, -0.2) is 22.6 Å². The first kappa shape index (κ1) is 16.4. The van der Waals surface area contributed by atoms with Crippen molar-refractivity contribution in [3.05, 3.63) is 59.7 Å². The minimum Gasteiger partial charge on any atom is -0.478 e. The van der Waals surface area contributed by atoms with Gasteiger partial charge in [-0.1, -0.05) is 36.4 Å². The summed E-state index contributed by atoms with van der Waals surface area (Å²) in [4.78, 5) is 20.4. The zero-order valence-corrected chi connectivity index (χ0v) is 13.0.